The minimum Gasteiger partial charge on any atom is -0.314 e. The molecule has 2 atom stereocenters. The van der Waals surface area contributed by atoms with Crippen molar-refractivity contribution in [1.29, 1.82) is 0 Å². The van der Waals surface area contributed by atoms with E-state index in [2.05, 4.69) is 39.4 Å². The third kappa shape index (κ3) is 2.74. The second kappa shape index (κ2) is 5.11. The number of hydrogen-bond acceptors (Lipinski definition) is 1. The first kappa shape index (κ1) is 11.7. The maximum Gasteiger partial charge on any atom is 0.0178 e. The van der Waals surface area contributed by atoms with Crippen molar-refractivity contribution < 1.29 is 0 Å². The van der Waals surface area contributed by atoms with Crippen LogP contribution in [0.3, 0.4) is 0 Å². The van der Waals surface area contributed by atoms with Gasteiger partial charge < -0.3 is 5.32 Å². The molecule has 2 aliphatic rings. The third-order valence-corrected chi connectivity index (χ3v) is 4.77. The van der Waals surface area contributed by atoms with Crippen LogP contribution in [-0.2, 0) is 12.8 Å². The average Bonchev–Trinajstić information content (AvgIpc) is 2.82. The van der Waals surface area contributed by atoms with Crippen molar-refractivity contribution in [3.05, 3.63) is 33.8 Å². The van der Waals surface area contributed by atoms with E-state index in [4.69, 9.17) is 0 Å². The van der Waals surface area contributed by atoms with Crippen molar-refractivity contribution in [2.75, 3.05) is 6.54 Å². The van der Waals surface area contributed by atoms with Crippen LogP contribution < -0.4 is 5.32 Å². The number of rotatable bonds is 2. The Hall–Kier alpha value is -0.340. The lowest BCUT2D eigenvalue weighted by Crippen LogP contribution is -2.27. The largest absolute Gasteiger partial charge is 0.314 e. The maximum atomic E-state index is 3.63. The Kier molecular flexibility index (Phi) is 3.53. The van der Waals surface area contributed by atoms with Gasteiger partial charge in [-0.1, -0.05) is 22.0 Å². The standard InChI is InChI=1S/C15H20BrN/c16-14-6-5-12-8-11(3-4-13(12)10-14)9-15-2-1-7-17-15/h5-6,10-11,15,17H,1-4,7-9H2. The maximum absolute atomic E-state index is 3.63. The minimum atomic E-state index is 0.803. The number of aryl methyl sites for hydroxylation is 1. The van der Waals surface area contributed by atoms with Crippen LogP contribution in [0.2, 0.25) is 0 Å². The normalized spacial score (nSPS) is 28.1. The molecule has 0 aromatic heterocycles. The van der Waals surface area contributed by atoms with Gasteiger partial charge in [0.1, 0.15) is 0 Å². The highest BCUT2D eigenvalue weighted by atomic mass is 79.9. The summed E-state index contributed by atoms with van der Waals surface area (Å²) in [5.74, 6) is 0.902. The molecular formula is C15H20BrN. The topological polar surface area (TPSA) is 12.0 Å². The Morgan fingerprint density at radius 3 is 3.00 bits per heavy atom. The molecule has 0 bridgehead atoms. The molecule has 2 heteroatoms. The van der Waals surface area contributed by atoms with E-state index in [0.29, 0.717) is 0 Å². The smallest absolute Gasteiger partial charge is 0.0178 e. The summed E-state index contributed by atoms with van der Waals surface area (Å²) < 4.78 is 1.23. The summed E-state index contributed by atoms with van der Waals surface area (Å²) in [6.07, 6.45) is 8.09. The first-order valence-corrected chi connectivity index (χ1v) is 7.61. The summed E-state index contributed by atoms with van der Waals surface area (Å²) in [5, 5.41) is 3.63. The molecule has 3 rings (SSSR count). The summed E-state index contributed by atoms with van der Waals surface area (Å²) in [5.41, 5.74) is 3.15. The predicted octanol–water partition coefficient (Wildman–Crippen LogP) is 3.70. The Labute approximate surface area is 112 Å². The average molecular weight is 294 g/mol. The van der Waals surface area contributed by atoms with Gasteiger partial charge in [-0.05, 0) is 74.2 Å². The second-order valence-corrected chi connectivity index (χ2v) is 6.47. The van der Waals surface area contributed by atoms with Crippen LogP contribution in [0.15, 0.2) is 22.7 Å². The lowest BCUT2D eigenvalue weighted by Gasteiger charge is -2.27. The van der Waals surface area contributed by atoms with Gasteiger partial charge in [0.25, 0.3) is 0 Å². The van der Waals surface area contributed by atoms with Crippen LogP contribution >= 0.6 is 15.9 Å². The molecule has 1 fully saturated rings. The third-order valence-electron chi connectivity index (χ3n) is 4.28. The van der Waals surface area contributed by atoms with Crippen molar-refractivity contribution in [2.45, 2.75) is 44.6 Å². The van der Waals surface area contributed by atoms with E-state index in [1.54, 1.807) is 11.1 Å². The van der Waals surface area contributed by atoms with Crippen LogP contribution in [0.4, 0.5) is 0 Å². The van der Waals surface area contributed by atoms with E-state index in [1.807, 2.05) is 0 Å². The molecule has 92 valence electrons. The first-order chi connectivity index (χ1) is 8.31. The van der Waals surface area contributed by atoms with Crippen molar-refractivity contribution in [3.63, 3.8) is 0 Å². The number of hydrogen-bond donors (Lipinski definition) is 1. The molecule has 1 aromatic carbocycles. The molecule has 1 aliphatic heterocycles. The van der Waals surface area contributed by atoms with Crippen LogP contribution in [0.5, 0.6) is 0 Å². The molecule has 1 nitrogen and oxygen atoms in total. The van der Waals surface area contributed by atoms with Crippen LogP contribution in [0, 0.1) is 5.92 Å². The van der Waals surface area contributed by atoms with Crippen molar-refractivity contribution in [1.82, 2.24) is 5.32 Å². The Morgan fingerprint density at radius 2 is 2.18 bits per heavy atom. The highest BCUT2D eigenvalue weighted by molar-refractivity contribution is 9.10. The molecule has 1 heterocycles. The van der Waals surface area contributed by atoms with Crippen molar-refractivity contribution >= 4 is 15.9 Å². The van der Waals surface area contributed by atoms with Crippen molar-refractivity contribution in [2.24, 2.45) is 5.92 Å². The Morgan fingerprint density at radius 1 is 1.24 bits per heavy atom. The lowest BCUT2D eigenvalue weighted by atomic mass is 9.80. The summed E-state index contributed by atoms with van der Waals surface area (Å²) in [4.78, 5) is 0. The van der Waals surface area contributed by atoms with Gasteiger partial charge in [-0.15, -0.1) is 0 Å². The summed E-state index contributed by atoms with van der Waals surface area (Å²) in [7, 11) is 0. The zero-order valence-corrected chi connectivity index (χ0v) is 11.8. The summed E-state index contributed by atoms with van der Waals surface area (Å²) in [6.45, 7) is 1.24. The van der Waals surface area contributed by atoms with E-state index in [1.165, 1.54) is 49.5 Å². The molecule has 0 amide bonds. The van der Waals surface area contributed by atoms with E-state index in [9.17, 15) is 0 Å². The zero-order valence-electron chi connectivity index (χ0n) is 10.2. The van der Waals surface area contributed by atoms with E-state index in [-0.39, 0.29) is 0 Å². The molecule has 0 radical (unpaired) electrons. The van der Waals surface area contributed by atoms with Crippen LogP contribution in [0.25, 0.3) is 0 Å². The SMILES string of the molecule is Brc1ccc2c(c1)CCC(CC1CCCN1)C2. The quantitative estimate of drug-likeness (QED) is 0.877. The predicted molar refractivity (Wildman–Crippen MR) is 75.3 cm³/mol. The summed E-state index contributed by atoms with van der Waals surface area (Å²) in [6, 6.07) is 7.61. The lowest BCUT2D eigenvalue weighted by molar-refractivity contribution is 0.372. The highest BCUT2D eigenvalue weighted by Gasteiger charge is 2.23. The molecule has 17 heavy (non-hydrogen) atoms. The van der Waals surface area contributed by atoms with Crippen LogP contribution in [-0.4, -0.2) is 12.6 Å². The fraction of sp³-hybridized carbons (Fsp3) is 0.600. The van der Waals surface area contributed by atoms with Gasteiger partial charge in [0, 0.05) is 10.5 Å². The monoisotopic (exact) mass is 293 g/mol. The molecule has 1 saturated heterocycles. The minimum absolute atomic E-state index is 0.803. The van der Waals surface area contributed by atoms with E-state index >= 15 is 0 Å². The van der Waals surface area contributed by atoms with E-state index in [0.717, 1.165) is 12.0 Å². The Bertz CT molecular complexity index is 396. The van der Waals surface area contributed by atoms with E-state index < -0.39 is 0 Å². The molecule has 1 N–H and O–H groups in total. The fourth-order valence-electron chi connectivity index (χ4n) is 3.36. The van der Waals surface area contributed by atoms with Gasteiger partial charge >= 0.3 is 0 Å². The number of nitrogens with one attached hydrogen (secondary N) is 1. The Balaban J connectivity index is 1.65. The van der Waals surface area contributed by atoms with Gasteiger partial charge in [-0.3, -0.25) is 0 Å². The molecular weight excluding hydrogens is 274 g/mol. The number of halogens is 1. The number of benzene rings is 1. The van der Waals surface area contributed by atoms with Crippen LogP contribution in [0.1, 0.15) is 36.8 Å². The van der Waals surface area contributed by atoms with Gasteiger partial charge in [-0.25, -0.2) is 0 Å². The molecule has 0 spiro atoms. The van der Waals surface area contributed by atoms with Crippen molar-refractivity contribution in [3.8, 4) is 0 Å². The molecule has 1 aromatic rings. The number of fused-ring (bicyclic) bond motifs is 1. The van der Waals surface area contributed by atoms with Gasteiger partial charge in [-0.2, -0.15) is 0 Å². The van der Waals surface area contributed by atoms with Gasteiger partial charge in [0.2, 0.25) is 0 Å². The summed E-state index contributed by atoms with van der Waals surface area (Å²) >= 11 is 3.57. The molecule has 2 unspecified atom stereocenters. The zero-order chi connectivity index (χ0) is 11.7. The second-order valence-electron chi connectivity index (χ2n) is 5.55. The molecule has 1 aliphatic carbocycles. The molecule has 0 saturated carbocycles. The highest BCUT2D eigenvalue weighted by Crippen LogP contribution is 2.31. The van der Waals surface area contributed by atoms with Gasteiger partial charge in [0.15, 0.2) is 0 Å². The van der Waals surface area contributed by atoms with Gasteiger partial charge in [0.05, 0.1) is 0 Å². The fourth-order valence-corrected chi connectivity index (χ4v) is 3.77. The first-order valence-electron chi connectivity index (χ1n) is 6.82.